The summed E-state index contributed by atoms with van der Waals surface area (Å²) in [6, 6.07) is 17.5. The lowest BCUT2D eigenvalue weighted by Crippen LogP contribution is -1.63. The molecule has 0 aliphatic heterocycles. The monoisotopic (exact) mass is 279 g/mol. The molecule has 0 saturated carbocycles. The molecule has 0 unspecified atom stereocenters. The summed E-state index contributed by atoms with van der Waals surface area (Å²) in [6.07, 6.45) is 0. The first-order valence-corrected chi connectivity index (χ1v) is 6.65. The molecule has 0 aliphatic carbocycles. The SMILES string of the molecule is Clc1ccccc1.Sc1nc2ccccc2s1. The fraction of sp³-hybridized carbons (Fsp3) is 0. The maximum atomic E-state index is 5.54. The Morgan fingerprint density at radius 3 is 2.18 bits per heavy atom. The normalized spacial score (nSPS) is 9.76. The largest absolute Gasteiger partial charge is 0.230 e. The van der Waals surface area contributed by atoms with Crippen LogP contribution in [0, 0.1) is 0 Å². The Morgan fingerprint density at radius 1 is 0.941 bits per heavy atom. The Hall–Kier alpha value is -1.03. The van der Waals surface area contributed by atoms with Crippen molar-refractivity contribution >= 4 is 45.8 Å². The van der Waals surface area contributed by atoms with Crippen molar-refractivity contribution in [1.29, 1.82) is 0 Å². The fourth-order valence-corrected chi connectivity index (χ4v) is 2.53. The highest BCUT2D eigenvalue weighted by Crippen LogP contribution is 2.23. The highest BCUT2D eigenvalue weighted by Gasteiger charge is 1.96. The minimum atomic E-state index is 0.794. The predicted octanol–water partition coefficient (Wildman–Crippen LogP) is 4.93. The number of fused-ring (bicyclic) bond motifs is 1. The molecule has 3 aromatic rings. The molecule has 0 spiro atoms. The smallest absolute Gasteiger partial charge is 0.148 e. The van der Waals surface area contributed by atoms with Gasteiger partial charge >= 0.3 is 0 Å². The Balaban J connectivity index is 0.000000136. The number of aromatic nitrogens is 1. The molecule has 1 heterocycles. The summed E-state index contributed by atoms with van der Waals surface area (Å²) < 4.78 is 2.04. The zero-order valence-corrected chi connectivity index (χ0v) is 11.3. The molecule has 0 saturated heterocycles. The van der Waals surface area contributed by atoms with Crippen LogP contribution in [0.1, 0.15) is 0 Å². The number of para-hydroxylation sites is 1. The topological polar surface area (TPSA) is 12.9 Å². The van der Waals surface area contributed by atoms with E-state index in [1.165, 1.54) is 4.70 Å². The first-order valence-electron chi connectivity index (χ1n) is 5.01. The number of rotatable bonds is 0. The molecule has 3 rings (SSSR count). The van der Waals surface area contributed by atoms with Gasteiger partial charge in [0.15, 0.2) is 0 Å². The number of hydrogen-bond donors (Lipinski definition) is 1. The van der Waals surface area contributed by atoms with E-state index in [0.29, 0.717) is 0 Å². The Bertz CT molecular complexity index is 559. The van der Waals surface area contributed by atoms with Gasteiger partial charge in [0.1, 0.15) is 4.34 Å². The highest BCUT2D eigenvalue weighted by atomic mass is 35.5. The van der Waals surface area contributed by atoms with Crippen molar-refractivity contribution in [2.24, 2.45) is 0 Å². The van der Waals surface area contributed by atoms with Crippen LogP contribution >= 0.6 is 35.6 Å². The lowest BCUT2D eigenvalue weighted by Gasteiger charge is -1.80. The minimum Gasteiger partial charge on any atom is -0.230 e. The Kier molecular flexibility index (Phi) is 4.42. The lowest BCUT2D eigenvalue weighted by atomic mass is 10.3. The molecular weight excluding hydrogens is 270 g/mol. The molecule has 0 amide bonds. The molecule has 2 aromatic carbocycles. The zero-order valence-electron chi connectivity index (χ0n) is 8.88. The first kappa shape index (κ1) is 12.4. The molecule has 0 radical (unpaired) electrons. The van der Waals surface area contributed by atoms with E-state index in [4.69, 9.17) is 11.6 Å². The number of hydrogen-bond acceptors (Lipinski definition) is 3. The minimum absolute atomic E-state index is 0.794. The molecule has 0 fully saturated rings. The van der Waals surface area contributed by atoms with Gasteiger partial charge < -0.3 is 0 Å². The van der Waals surface area contributed by atoms with Gasteiger partial charge in [-0.15, -0.1) is 24.0 Å². The van der Waals surface area contributed by atoms with Gasteiger partial charge in [-0.25, -0.2) is 4.98 Å². The van der Waals surface area contributed by atoms with Crippen LogP contribution < -0.4 is 0 Å². The average molecular weight is 280 g/mol. The van der Waals surface area contributed by atoms with E-state index in [-0.39, 0.29) is 0 Å². The third-order valence-corrected chi connectivity index (χ3v) is 3.48. The highest BCUT2D eigenvalue weighted by molar-refractivity contribution is 7.82. The molecule has 0 atom stereocenters. The maximum Gasteiger partial charge on any atom is 0.148 e. The number of halogens is 1. The van der Waals surface area contributed by atoms with Crippen LogP contribution in [0.2, 0.25) is 5.02 Å². The van der Waals surface area contributed by atoms with E-state index in [0.717, 1.165) is 14.9 Å². The summed E-state index contributed by atoms with van der Waals surface area (Å²) in [6.45, 7) is 0. The number of nitrogens with zero attached hydrogens (tertiary/aromatic N) is 1. The maximum absolute atomic E-state index is 5.54. The van der Waals surface area contributed by atoms with Crippen LogP contribution in [0.15, 0.2) is 58.9 Å². The van der Waals surface area contributed by atoms with Gasteiger partial charge in [-0.2, -0.15) is 0 Å². The van der Waals surface area contributed by atoms with Crippen molar-refractivity contribution < 1.29 is 0 Å². The molecule has 0 aliphatic rings. The quantitative estimate of drug-likeness (QED) is 0.576. The zero-order chi connectivity index (χ0) is 12.1. The summed E-state index contributed by atoms with van der Waals surface area (Å²) in [4.78, 5) is 4.20. The van der Waals surface area contributed by atoms with Crippen LogP contribution in [0.5, 0.6) is 0 Å². The number of thiazole rings is 1. The molecule has 1 aromatic heterocycles. The van der Waals surface area contributed by atoms with E-state index >= 15 is 0 Å². The number of benzene rings is 2. The third-order valence-electron chi connectivity index (χ3n) is 2.02. The molecule has 0 bridgehead atoms. The summed E-state index contributed by atoms with van der Waals surface area (Å²) >= 11 is 11.3. The summed E-state index contributed by atoms with van der Waals surface area (Å²) in [5.74, 6) is 0. The van der Waals surface area contributed by atoms with Gasteiger partial charge in [0.05, 0.1) is 10.2 Å². The van der Waals surface area contributed by atoms with E-state index in [9.17, 15) is 0 Å². The van der Waals surface area contributed by atoms with Crippen molar-refractivity contribution in [3.63, 3.8) is 0 Å². The second-order valence-electron chi connectivity index (χ2n) is 3.26. The van der Waals surface area contributed by atoms with E-state index in [1.807, 2.05) is 54.6 Å². The number of thiol groups is 1. The lowest BCUT2D eigenvalue weighted by molar-refractivity contribution is 1.31. The van der Waals surface area contributed by atoms with E-state index in [1.54, 1.807) is 11.3 Å². The van der Waals surface area contributed by atoms with Crippen molar-refractivity contribution in [3.05, 3.63) is 59.6 Å². The van der Waals surface area contributed by atoms with Crippen molar-refractivity contribution in [2.45, 2.75) is 4.34 Å². The molecule has 0 N–H and O–H groups in total. The first-order chi connectivity index (χ1) is 8.25. The van der Waals surface area contributed by atoms with Crippen molar-refractivity contribution in [2.75, 3.05) is 0 Å². The summed E-state index contributed by atoms with van der Waals surface area (Å²) in [5.41, 5.74) is 1.04. The van der Waals surface area contributed by atoms with Gasteiger partial charge in [0.2, 0.25) is 0 Å². The third kappa shape index (κ3) is 3.73. The fourth-order valence-electron chi connectivity index (χ4n) is 1.27. The van der Waals surface area contributed by atoms with Gasteiger partial charge in [0.25, 0.3) is 0 Å². The van der Waals surface area contributed by atoms with Gasteiger partial charge in [-0.05, 0) is 24.3 Å². The molecule has 1 nitrogen and oxygen atoms in total. The Morgan fingerprint density at radius 2 is 1.59 bits per heavy atom. The van der Waals surface area contributed by atoms with E-state index < -0.39 is 0 Å². The van der Waals surface area contributed by atoms with Crippen LogP contribution in [0.3, 0.4) is 0 Å². The van der Waals surface area contributed by atoms with Crippen LogP contribution in [-0.4, -0.2) is 4.98 Å². The van der Waals surface area contributed by atoms with Crippen molar-refractivity contribution in [3.8, 4) is 0 Å². The molecular formula is C13H10ClNS2. The van der Waals surface area contributed by atoms with Crippen molar-refractivity contribution in [1.82, 2.24) is 4.98 Å². The van der Waals surface area contributed by atoms with Crippen LogP contribution in [-0.2, 0) is 0 Å². The van der Waals surface area contributed by atoms with Gasteiger partial charge in [0, 0.05) is 5.02 Å². The van der Waals surface area contributed by atoms with Gasteiger partial charge in [-0.1, -0.05) is 41.9 Å². The van der Waals surface area contributed by atoms with Gasteiger partial charge in [-0.3, -0.25) is 0 Å². The summed E-state index contributed by atoms with van der Waals surface area (Å²) in [5, 5.41) is 0.794. The second-order valence-corrected chi connectivity index (χ2v) is 5.45. The van der Waals surface area contributed by atoms with Crippen LogP contribution in [0.25, 0.3) is 10.2 Å². The molecule has 86 valence electrons. The average Bonchev–Trinajstić information content (AvgIpc) is 2.71. The van der Waals surface area contributed by atoms with E-state index in [2.05, 4.69) is 17.6 Å². The van der Waals surface area contributed by atoms with Crippen LogP contribution in [0.4, 0.5) is 0 Å². The molecule has 4 heteroatoms. The summed E-state index contributed by atoms with van der Waals surface area (Å²) in [7, 11) is 0. The standard InChI is InChI=1S/C7H5NS2.C6H5Cl/c9-7-8-5-3-1-2-4-6(5)10-7;7-6-4-2-1-3-5-6/h1-4H,(H,8,9);1-5H. The molecule has 17 heavy (non-hydrogen) atoms. The second kappa shape index (κ2) is 6.05. The predicted molar refractivity (Wildman–Crippen MR) is 78.3 cm³/mol. The Labute approximate surface area is 114 Å².